The summed E-state index contributed by atoms with van der Waals surface area (Å²) in [6.07, 6.45) is 10.5. The number of nitroso groups, excluding NO2 is 1. The summed E-state index contributed by atoms with van der Waals surface area (Å²) in [6, 6.07) is 7.26. The summed E-state index contributed by atoms with van der Waals surface area (Å²) in [5, 5.41) is 33.3. The van der Waals surface area contributed by atoms with Crippen molar-refractivity contribution < 1.29 is 10.2 Å². The van der Waals surface area contributed by atoms with Crippen LogP contribution in [0.1, 0.15) is 31.2 Å². The van der Waals surface area contributed by atoms with Gasteiger partial charge in [0.2, 0.25) is 0 Å². The minimum absolute atomic E-state index is 0.267. The highest BCUT2D eigenvalue weighted by Crippen LogP contribution is 2.16. The summed E-state index contributed by atoms with van der Waals surface area (Å²) in [7, 11) is 0. The van der Waals surface area contributed by atoms with Gasteiger partial charge in [-0.25, -0.2) is 0 Å². The van der Waals surface area contributed by atoms with Gasteiger partial charge in [-0.2, -0.15) is 0 Å². The van der Waals surface area contributed by atoms with Crippen molar-refractivity contribution in [1.82, 2.24) is 20.9 Å². The van der Waals surface area contributed by atoms with E-state index in [1.54, 1.807) is 18.2 Å². The summed E-state index contributed by atoms with van der Waals surface area (Å²) in [4.78, 5) is 13.4. The normalized spacial score (nSPS) is 15.8. The van der Waals surface area contributed by atoms with Crippen molar-refractivity contribution in [2.75, 3.05) is 33.1 Å². The van der Waals surface area contributed by atoms with Crippen LogP contribution < -0.4 is 16.0 Å². The third-order valence-corrected chi connectivity index (χ3v) is 5.57. The third kappa shape index (κ3) is 8.28. The van der Waals surface area contributed by atoms with E-state index in [0.717, 1.165) is 29.6 Å². The van der Waals surface area contributed by atoms with E-state index in [4.69, 9.17) is 0 Å². The molecule has 0 aromatic heterocycles. The summed E-state index contributed by atoms with van der Waals surface area (Å²) in [6.45, 7) is 3.29. The molecule has 0 amide bonds. The van der Waals surface area contributed by atoms with Gasteiger partial charge in [0.25, 0.3) is 0 Å². The van der Waals surface area contributed by atoms with E-state index < -0.39 is 0 Å². The zero-order valence-electron chi connectivity index (χ0n) is 19.4. The number of phenolic OH excluding ortho intramolecular Hbond substituents is 1. The Morgan fingerprint density at radius 1 is 0.941 bits per heavy atom. The fraction of sp³-hybridized carbons (Fsp3) is 0.385. The van der Waals surface area contributed by atoms with Crippen molar-refractivity contribution in [3.05, 3.63) is 81.6 Å². The summed E-state index contributed by atoms with van der Waals surface area (Å²) in [5.74, 6) is 6.74. The van der Waals surface area contributed by atoms with Gasteiger partial charge in [-0.05, 0) is 41.8 Å². The van der Waals surface area contributed by atoms with E-state index in [-0.39, 0.29) is 5.75 Å². The monoisotopic (exact) mass is 463 g/mol. The lowest BCUT2D eigenvalue weighted by molar-refractivity contribution is 0.220. The first kappa shape index (κ1) is 25.4. The second-order valence-electron chi connectivity index (χ2n) is 8.17. The van der Waals surface area contributed by atoms with E-state index in [2.05, 4.69) is 43.9 Å². The predicted octanol–water partition coefficient (Wildman–Crippen LogP) is 3.37. The van der Waals surface area contributed by atoms with E-state index in [0.29, 0.717) is 63.9 Å². The lowest BCUT2D eigenvalue weighted by Gasteiger charge is -2.25. The van der Waals surface area contributed by atoms with Crippen molar-refractivity contribution >= 4 is 0 Å². The Bertz CT molecular complexity index is 1020. The smallest absolute Gasteiger partial charge is 0.120 e. The number of nitrogens with zero attached hydrogens (tertiary/aromatic N) is 2. The number of aliphatic hydroxyl groups excluding tert-OH is 1. The molecule has 180 valence electrons. The van der Waals surface area contributed by atoms with Gasteiger partial charge in [-0.15, -0.1) is 4.91 Å². The predicted molar refractivity (Wildman–Crippen MR) is 134 cm³/mol. The quantitative estimate of drug-likeness (QED) is 0.173. The van der Waals surface area contributed by atoms with Crippen molar-refractivity contribution in [3.8, 4) is 17.6 Å². The highest BCUT2D eigenvalue weighted by atomic mass is 16.3. The molecule has 0 fully saturated rings. The van der Waals surface area contributed by atoms with Crippen molar-refractivity contribution in [1.29, 1.82) is 0 Å². The SMILES string of the molecule is O=NC1=C(CNCN(CNCC2=CCCC=C2O)CNCc2ccccc2O)CC#CCC=C1. The molecule has 0 saturated carbocycles. The Kier molecular flexibility index (Phi) is 10.6. The van der Waals surface area contributed by atoms with Crippen LogP contribution in [0.25, 0.3) is 0 Å². The molecule has 8 heteroatoms. The second-order valence-corrected chi connectivity index (χ2v) is 8.17. The largest absolute Gasteiger partial charge is 0.508 e. The molecule has 0 heterocycles. The Hall–Kier alpha value is -3.22. The fourth-order valence-corrected chi connectivity index (χ4v) is 3.69. The molecule has 0 radical (unpaired) electrons. The number of aliphatic hydroxyl groups is 1. The van der Waals surface area contributed by atoms with Crippen LogP contribution in [0.3, 0.4) is 0 Å². The lowest BCUT2D eigenvalue weighted by atomic mass is 10.1. The van der Waals surface area contributed by atoms with Gasteiger partial charge in [0, 0.05) is 43.6 Å². The second kappa shape index (κ2) is 14.1. The number of phenols is 1. The van der Waals surface area contributed by atoms with Crippen LogP contribution in [0.5, 0.6) is 5.75 Å². The van der Waals surface area contributed by atoms with Gasteiger partial charge in [-0.3, -0.25) is 15.5 Å². The number of hydrogen-bond donors (Lipinski definition) is 5. The molecule has 0 bridgehead atoms. The molecule has 1 aromatic carbocycles. The van der Waals surface area contributed by atoms with Gasteiger partial charge in [0.1, 0.15) is 17.2 Å². The average Bonchev–Trinajstić information content (AvgIpc) is 2.82. The van der Waals surface area contributed by atoms with E-state index in [1.165, 1.54) is 0 Å². The van der Waals surface area contributed by atoms with Gasteiger partial charge in [0.15, 0.2) is 0 Å². The first-order valence-corrected chi connectivity index (χ1v) is 11.5. The van der Waals surface area contributed by atoms with Gasteiger partial charge in [-0.1, -0.05) is 42.2 Å². The maximum Gasteiger partial charge on any atom is 0.120 e. The third-order valence-electron chi connectivity index (χ3n) is 5.57. The molecule has 2 aliphatic carbocycles. The first-order valence-electron chi connectivity index (χ1n) is 11.5. The van der Waals surface area contributed by atoms with Gasteiger partial charge in [0.05, 0.1) is 20.0 Å². The number of hydrogen-bond acceptors (Lipinski definition) is 8. The molecule has 3 rings (SSSR count). The van der Waals surface area contributed by atoms with Crippen LogP contribution in [-0.2, 0) is 6.54 Å². The molecule has 5 N–H and O–H groups in total. The van der Waals surface area contributed by atoms with E-state index in [9.17, 15) is 15.1 Å². The molecule has 2 aliphatic rings. The summed E-state index contributed by atoms with van der Waals surface area (Å²) >= 11 is 0. The molecule has 0 unspecified atom stereocenters. The van der Waals surface area contributed by atoms with Crippen LogP contribution in [-0.4, -0.2) is 48.2 Å². The summed E-state index contributed by atoms with van der Waals surface area (Å²) < 4.78 is 0. The molecular formula is C26H33N5O3. The molecule has 0 aliphatic heterocycles. The highest BCUT2D eigenvalue weighted by molar-refractivity contribution is 5.32. The number of aromatic hydroxyl groups is 1. The molecule has 34 heavy (non-hydrogen) atoms. The van der Waals surface area contributed by atoms with Crippen LogP contribution in [0.15, 0.2) is 76.3 Å². The van der Waals surface area contributed by atoms with E-state index >= 15 is 0 Å². The minimum atomic E-state index is 0.267. The number of para-hydroxylation sites is 1. The first-order chi connectivity index (χ1) is 16.7. The van der Waals surface area contributed by atoms with Crippen molar-refractivity contribution in [2.24, 2.45) is 5.18 Å². The Morgan fingerprint density at radius 2 is 1.68 bits per heavy atom. The average molecular weight is 464 g/mol. The van der Waals surface area contributed by atoms with Crippen LogP contribution >= 0.6 is 0 Å². The molecule has 0 saturated heterocycles. The minimum Gasteiger partial charge on any atom is -0.508 e. The molecular weight excluding hydrogens is 430 g/mol. The van der Waals surface area contributed by atoms with Crippen molar-refractivity contribution in [3.63, 3.8) is 0 Å². The van der Waals surface area contributed by atoms with Gasteiger partial charge < -0.3 is 15.5 Å². The zero-order valence-corrected chi connectivity index (χ0v) is 19.4. The van der Waals surface area contributed by atoms with Gasteiger partial charge >= 0.3 is 0 Å². The van der Waals surface area contributed by atoms with E-state index in [1.807, 2.05) is 24.3 Å². The number of rotatable bonds is 13. The maximum atomic E-state index is 11.2. The molecule has 0 spiro atoms. The zero-order chi connectivity index (χ0) is 24.0. The Labute approximate surface area is 201 Å². The lowest BCUT2D eigenvalue weighted by Crippen LogP contribution is -2.45. The van der Waals surface area contributed by atoms with Crippen LogP contribution in [0, 0.1) is 16.7 Å². The number of nitrogens with one attached hydrogen (secondary N) is 3. The number of benzene rings is 1. The standard InChI is InChI=1S/C26H33N5O3/c32-25-13-7-5-10-22(25)16-28-19-31(20-29-17-23-11-6-8-14-26(23)33)18-27-15-21-9-3-1-2-4-12-24(21)30-34/h4-5,7,10-14,27-29,32-33H,2,6,8-9,15-20H2. The Balaban J connectivity index is 1.54. The molecule has 0 atom stereocenters. The topological polar surface area (TPSA) is 109 Å². The Morgan fingerprint density at radius 3 is 2.44 bits per heavy atom. The summed E-state index contributed by atoms with van der Waals surface area (Å²) in [5.41, 5.74) is 3.05. The number of allylic oxidation sites excluding steroid dienone is 4. The van der Waals surface area contributed by atoms with Crippen molar-refractivity contribution in [2.45, 2.75) is 32.2 Å². The molecule has 1 aromatic rings. The highest BCUT2D eigenvalue weighted by Gasteiger charge is 2.11. The van der Waals surface area contributed by atoms with Crippen LogP contribution in [0.2, 0.25) is 0 Å². The maximum absolute atomic E-state index is 11.2. The molecule has 8 nitrogen and oxygen atoms in total. The fourth-order valence-electron chi connectivity index (χ4n) is 3.69. The van der Waals surface area contributed by atoms with Crippen LogP contribution in [0.4, 0.5) is 0 Å².